The summed E-state index contributed by atoms with van der Waals surface area (Å²) in [4.78, 5) is 11.5. The zero-order chi connectivity index (χ0) is 13.9. The molecule has 19 heavy (non-hydrogen) atoms. The molecule has 1 saturated heterocycles. The van der Waals surface area contributed by atoms with Crippen molar-refractivity contribution in [3.63, 3.8) is 0 Å². The highest BCUT2D eigenvalue weighted by Gasteiger charge is 2.24. The zero-order valence-corrected chi connectivity index (χ0v) is 12.4. The van der Waals surface area contributed by atoms with E-state index in [4.69, 9.17) is 5.73 Å². The molecule has 106 valence electrons. The fourth-order valence-electron chi connectivity index (χ4n) is 2.61. The maximum atomic E-state index is 5.71. The molecule has 0 saturated carbocycles. The van der Waals surface area contributed by atoms with Crippen LogP contribution in [0.5, 0.6) is 0 Å². The fourth-order valence-corrected chi connectivity index (χ4v) is 2.61. The maximum Gasteiger partial charge on any atom is 0.225 e. The number of nitrogens with zero attached hydrogens (tertiary/aromatic N) is 3. The van der Waals surface area contributed by atoms with Crippen LogP contribution in [0.1, 0.15) is 52.0 Å². The number of aromatic nitrogens is 2. The van der Waals surface area contributed by atoms with Crippen LogP contribution in [-0.4, -0.2) is 29.1 Å². The first-order valence-electron chi connectivity index (χ1n) is 7.31. The molecule has 4 nitrogen and oxygen atoms in total. The number of rotatable bonds is 3. The van der Waals surface area contributed by atoms with Crippen molar-refractivity contribution in [3.8, 4) is 0 Å². The van der Waals surface area contributed by atoms with E-state index in [9.17, 15) is 0 Å². The van der Waals surface area contributed by atoms with Gasteiger partial charge in [0.25, 0.3) is 0 Å². The first-order chi connectivity index (χ1) is 9.02. The summed E-state index contributed by atoms with van der Waals surface area (Å²) in [6, 6.07) is 0.513. The lowest BCUT2D eigenvalue weighted by Gasteiger charge is -2.35. The minimum absolute atomic E-state index is 0.108. The second-order valence-electron chi connectivity index (χ2n) is 6.44. The Morgan fingerprint density at radius 2 is 1.95 bits per heavy atom. The standard InChI is InChI=1S/C15H26N4/c1-15(2,3)12-10-17-14(18-11-12)19-9-5-4-6-13(19)7-8-16/h10-11,13H,4-9,16H2,1-3H3. The van der Waals surface area contributed by atoms with Gasteiger partial charge in [-0.05, 0) is 43.2 Å². The Bertz CT molecular complexity index is 392. The normalized spacial score (nSPS) is 20.6. The van der Waals surface area contributed by atoms with Crippen molar-refractivity contribution < 1.29 is 0 Å². The first-order valence-corrected chi connectivity index (χ1v) is 7.31. The summed E-state index contributed by atoms with van der Waals surface area (Å²) >= 11 is 0. The molecule has 2 heterocycles. The van der Waals surface area contributed by atoms with E-state index in [-0.39, 0.29) is 5.41 Å². The third-order valence-electron chi connectivity index (χ3n) is 3.89. The van der Waals surface area contributed by atoms with Crippen LogP contribution in [-0.2, 0) is 5.41 Å². The second-order valence-corrected chi connectivity index (χ2v) is 6.44. The van der Waals surface area contributed by atoms with Crippen molar-refractivity contribution in [1.29, 1.82) is 0 Å². The van der Waals surface area contributed by atoms with E-state index in [1.807, 2.05) is 12.4 Å². The monoisotopic (exact) mass is 262 g/mol. The molecule has 1 aliphatic heterocycles. The topological polar surface area (TPSA) is 55.0 Å². The summed E-state index contributed by atoms with van der Waals surface area (Å²) in [5.41, 5.74) is 7.01. The van der Waals surface area contributed by atoms with Gasteiger partial charge in [-0.15, -0.1) is 0 Å². The van der Waals surface area contributed by atoms with E-state index in [0.29, 0.717) is 6.04 Å². The lowest BCUT2D eigenvalue weighted by Crippen LogP contribution is -2.41. The molecule has 1 unspecified atom stereocenters. The third-order valence-corrected chi connectivity index (χ3v) is 3.89. The molecule has 1 fully saturated rings. The molecule has 2 rings (SSSR count). The van der Waals surface area contributed by atoms with Crippen molar-refractivity contribution in [2.24, 2.45) is 5.73 Å². The molecule has 1 aromatic heterocycles. The van der Waals surface area contributed by atoms with Crippen molar-refractivity contribution in [2.45, 2.75) is 57.9 Å². The van der Waals surface area contributed by atoms with Gasteiger partial charge in [-0.1, -0.05) is 20.8 Å². The molecule has 1 aromatic rings. The average Bonchev–Trinajstić information content (AvgIpc) is 2.39. The molecule has 1 atom stereocenters. The Morgan fingerprint density at radius 1 is 1.26 bits per heavy atom. The van der Waals surface area contributed by atoms with Gasteiger partial charge in [0.2, 0.25) is 5.95 Å². The van der Waals surface area contributed by atoms with E-state index in [0.717, 1.165) is 25.5 Å². The number of hydrogen-bond donors (Lipinski definition) is 1. The molecule has 4 heteroatoms. The van der Waals surface area contributed by atoms with Gasteiger partial charge in [-0.3, -0.25) is 0 Å². The molecule has 0 amide bonds. The minimum Gasteiger partial charge on any atom is -0.338 e. The number of anilines is 1. The summed E-state index contributed by atoms with van der Waals surface area (Å²) in [5.74, 6) is 0.867. The summed E-state index contributed by atoms with van der Waals surface area (Å²) in [5, 5.41) is 0. The van der Waals surface area contributed by atoms with Gasteiger partial charge in [0.05, 0.1) is 0 Å². The molecule has 0 bridgehead atoms. The van der Waals surface area contributed by atoms with Gasteiger partial charge in [-0.2, -0.15) is 0 Å². The third kappa shape index (κ3) is 3.44. The Labute approximate surface area is 116 Å². The van der Waals surface area contributed by atoms with E-state index in [1.54, 1.807) is 0 Å². The quantitative estimate of drug-likeness (QED) is 0.909. The van der Waals surface area contributed by atoms with Gasteiger partial charge in [0, 0.05) is 25.0 Å². The maximum absolute atomic E-state index is 5.71. The first kappa shape index (κ1) is 14.3. The molecule has 0 aliphatic carbocycles. The molecule has 2 N–H and O–H groups in total. The predicted molar refractivity (Wildman–Crippen MR) is 79.4 cm³/mol. The van der Waals surface area contributed by atoms with Crippen LogP contribution in [0.2, 0.25) is 0 Å². The van der Waals surface area contributed by atoms with Crippen LogP contribution in [0.3, 0.4) is 0 Å². The smallest absolute Gasteiger partial charge is 0.225 e. The molecule has 0 spiro atoms. The van der Waals surface area contributed by atoms with Crippen LogP contribution in [0.15, 0.2) is 12.4 Å². The zero-order valence-electron chi connectivity index (χ0n) is 12.4. The van der Waals surface area contributed by atoms with Crippen LogP contribution >= 0.6 is 0 Å². The van der Waals surface area contributed by atoms with Gasteiger partial charge < -0.3 is 10.6 Å². The lowest BCUT2D eigenvalue weighted by molar-refractivity contribution is 0.435. The Kier molecular flexibility index (Phi) is 4.40. The molecule has 0 radical (unpaired) electrons. The van der Waals surface area contributed by atoms with Gasteiger partial charge in [0.15, 0.2) is 0 Å². The number of piperidine rings is 1. The summed E-state index contributed by atoms with van der Waals surface area (Å²) < 4.78 is 0. The largest absolute Gasteiger partial charge is 0.338 e. The highest BCUT2D eigenvalue weighted by molar-refractivity contribution is 5.33. The van der Waals surface area contributed by atoms with E-state index >= 15 is 0 Å². The molecule has 0 aromatic carbocycles. The van der Waals surface area contributed by atoms with Gasteiger partial charge >= 0.3 is 0 Å². The molecule has 1 aliphatic rings. The highest BCUT2D eigenvalue weighted by atomic mass is 15.3. The number of nitrogens with two attached hydrogens (primary N) is 1. The molecular weight excluding hydrogens is 236 g/mol. The average molecular weight is 262 g/mol. The van der Waals surface area contributed by atoms with Gasteiger partial charge in [0.1, 0.15) is 0 Å². The summed E-state index contributed by atoms with van der Waals surface area (Å²) in [6.45, 7) is 8.34. The van der Waals surface area contributed by atoms with Crippen molar-refractivity contribution in [3.05, 3.63) is 18.0 Å². The van der Waals surface area contributed by atoms with Crippen molar-refractivity contribution in [1.82, 2.24) is 9.97 Å². The van der Waals surface area contributed by atoms with E-state index in [1.165, 1.54) is 24.8 Å². The lowest BCUT2D eigenvalue weighted by atomic mass is 9.89. The minimum atomic E-state index is 0.108. The number of hydrogen-bond acceptors (Lipinski definition) is 4. The van der Waals surface area contributed by atoms with Crippen LogP contribution < -0.4 is 10.6 Å². The summed E-state index contributed by atoms with van der Waals surface area (Å²) in [7, 11) is 0. The van der Waals surface area contributed by atoms with Crippen molar-refractivity contribution in [2.75, 3.05) is 18.0 Å². The Hall–Kier alpha value is -1.16. The van der Waals surface area contributed by atoms with Crippen molar-refractivity contribution >= 4 is 5.95 Å². The van der Waals surface area contributed by atoms with E-state index in [2.05, 4.69) is 35.6 Å². The Balaban J connectivity index is 2.15. The van der Waals surface area contributed by atoms with Crippen LogP contribution in [0.25, 0.3) is 0 Å². The van der Waals surface area contributed by atoms with Crippen LogP contribution in [0, 0.1) is 0 Å². The van der Waals surface area contributed by atoms with Crippen LogP contribution in [0.4, 0.5) is 5.95 Å². The molecular formula is C15H26N4. The Morgan fingerprint density at radius 3 is 2.53 bits per heavy atom. The summed E-state index contributed by atoms with van der Waals surface area (Å²) in [6.07, 6.45) is 8.70. The predicted octanol–water partition coefficient (Wildman–Crippen LogP) is 2.48. The fraction of sp³-hybridized carbons (Fsp3) is 0.733. The highest BCUT2D eigenvalue weighted by Crippen LogP contribution is 2.25. The second kappa shape index (κ2) is 5.87. The van der Waals surface area contributed by atoms with Gasteiger partial charge in [-0.25, -0.2) is 9.97 Å². The SMILES string of the molecule is CC(C)(C)c1cnc(N2CCCCC2CCN)nc1. The van der Waals surface area contributed by atoms with E-state index < -0.39 is 0 Å².